The van der Waals surface area contributed by atoms with Crippen molar-refractivity contribution in [3.8, 4) is 0 Å². The Hall–Kier alpha value is -1.17. The van der Waals surface area contributed by atoms with Gasteiger partial charge in [-0.15, -0.1) is 0 Å². The van der Waals surface area contributed by atoms with E-state index >= 15 is 0 Å². The van der Waals surface area contributed by atoms with Crippen molar-refractivity contribution in [2.75, 3.05) is 16.8 Å². The summed E-state index contributed by atoms with van der Waals surface area (Å²) in [6, 6.07) is -0.0169. The van der Waals surface area contributed by atoms with E-state index in [1.165, 1.54) is 0 Å². The second-order valence-corrected chi connectivity index (χ2v) is 5.56. The number of hydrogen-bond acceptors (Lipinski definition) is 5. The van der Waals surface area contributed by atoms with Gasteiger partial charge in [-0.1, -0.05) is 0 Å². The molecule has 2 heterocycles. The summed E-state index contributed by atoms with van der Waals surface area (Å²) in [4.78, 5) is 7.91. The zero-order valence-corrected chi connectivity index (χ0v) is 8.37. The molecule has 6 heteroatoms. The molecule has 76 valence electrons. The molecule has 2 rings (SSSR count). The Kier molecular flexibility index (Phi) is 2.37. The number of anilines is 1. The van der Waals surface area contributed by atoms with Gasteiger partial charge in [-0.25, -0.2) is 13.4 Å². The summed E-state index contributed by atoms with van der Waals surface area (Å²) in [5.74, 6) is 1.10. The maximum Gasteiger partial charge on any atom is 0.152 e. The van der Waals surface area contributed by atoms with Crippen LogP contribution in [0, 0.1) is 0 Å². The molecule has 1 atom stereocenters. The number of aromatic nitrogens is 2. The van der Waals surface area contributed by atoms with Crippen LogP contribution in [0.15, 0.2) is 18.6 Å². The Morgan fingerprint density at radius 1 is 1.43 bits per heavy atom. The Morgan fingerprint density at radius 3 is 2.86 bits per heavy atom. The Labute approximate surface area is 82.5 Å². The van der Waals surface area contributed by atoms with Crippen LogP contribution in [-0.4, -0.2) is 35.9 Å². The van der Waals surface area contributed by atoms with Gasteiger partial charge in [0.1, 0.15) is 5.82 Å². The van der Waals surface area contributed by atoms with E-state index in [4.69, 9.17) is 0 Å². The summed E-state index contributed by atoms with van der Waals surface area (Å²) < 4.78 is 22.3. The van der Waals surface area contributed by atoms with Gasteiger partial charge in [0.25, 0.3) is 0 Å². The molecule has 0 radical (unpaired) electrons. The van der Waals surface area contributed by atoms with E-state index in [1.807, 2.05) is 0 Å². The average Bonchev–Trinajstić information content (AvgIpc) is 2.47. The molecule has 1 saturated heterocycles. The number of hydrogen-bond donors (Lipinski definition) is 1. The molecule has 1 aliphatic rings. The molecule has 0 spiro atoms. The lowest BCUT2D eigenvalue weighted by atomic mass is 10.3. The van der Waals surface area contributed by atoms with Crippen LogP contribution in [0.1, 0.15) is 6.42 Å². The Morgan fingerprint density at radius 2 is 2.29 bits per heavy atom. The van der Waals surface area contributed by atoms with Crippen LogP contribution in [-0.2, 0) is 9.84 Å². The van der Waals surface area contributed by atoms with Crippen LogP contribution < -0.4 is 5.32 Å². The number of rotatable bonds is 2. The topological polar surface area (TPSA) is 72.0 Å². The fourth-order valence-electron chi connectivity index (χ4n) is 1.49. The minimum absolute atomic E-state index is 0.0169. The summed E-state index contributed by atoms with van der Waals surface area (Å²) in [6.07, 6.45) is 5.40. The lowest BCUT2D eigenvalue weighted by Gasteiger charge is -2.09. The molecule has 1 fully saturated rings. The van der Waals surface area contributed by atoms with Gasteiger partial charge >= 0.3 is 0 Å². The van der Waals surface area contributed by atoms with Gasteiger partial charge in [-0.2, -0.15) is 0 Å². The van der Waals surface area contributed by atoms with Crippen LogP contribution in [0.2, 0.25) is 0 Å². The van der Waals surface area contributed by atoms with Gasteiger partial charge in [0.2, 0.25) is 0 Å². The van der Waals surface area contributed by atoms with E-state index in [-0.39, 0.29) is 17.5 Å². The third-order valence-electron chi connectivity index (χ3n) is 2.15. The molecular weight excluding hydrogens is 202 g/mol. The third kappa shape index (κ3) is 2.20. The SMILES string of the molecule is O=S1(=O)CCC(Nc2cnccn2)C1. The first-order valence-corrected chi connectivity index (χ1v) is 6.21. The van der Waals surface area contributed by atoms with Gasteiger partial charge in [0.05, 0.1) is 17.7 Å². The zero-order chi connectivity index (χ0) is 10.0. The molecule has 0 aromatic carbocycles. The second kappa shape index (κ2) is 3.53. The molecular formula is C8H11N3O2S. The highest BCUT2D eigenvalue weighted by atomic mass is 32.2. The summed E-state index contributed by atoms with van der Waals surface area (Å²) in [5, 5.41) is 3.04. The second-order valence-electron chi connectivity index (χ2n) is 3.33. The van der Waals surface area contributed by atoms with Crippen molar-refractivity contribution in [3.63, 3.8) is 0 Å². The van der Waals surface area contributed by atoms with Gasteiger partial charge in [0, 0.05) is 18.4 Å². The Balaban J connectivity index is 2.01. The maximum absolute atomic E-state index is 11.2. The van der Waals surface area contributed by atoms with Crippen LogP contribution in [0.4, 0.5) is 5.82 Å². The molecule has 1 unspecified atom stereocenters. The first-order valence-electron chi connectivity index (χ1n) is 4.39. The molecule has 1 aliphatic heterocycles. The maximum atomic E-state index is 11.2. The third-order valence-corrected chi connectivity index (χ3v) is 3.92. The molecule has 0 saturated carbocycles. The van der Waals surface area contributed by atoms with Gasteiger partial charge < -0.3 is 5.32 Å². The first kappa shape index (κ1) is 9.39. The molecule has 14 heavy (non-hydrogen) atoms. The summed E-state index contributed by atoms with van der Waals surface area (Å²) in [6.45, 7) is 0. The first-order chi connectivity index (χ1) is 6.66. The van der Waals surface area contributed by atoms with Crippen LogP contribution >= 0.6 is 0 Å². The van der Waals surface area contributed by atoms with E-state index in [1.54, 1.807) is 18.6 Å². The van der Waals surface area contributed by atoms with Crippen molar-refractivity contribution in [2.45, 2.75) is 12.5 Å². The summed E-state index contributed by atoms with van der Waals surface area (Å²) in [7, 11) is -2.83. The minimum Gasteiger partial charge on any atom is -0.365 e. The van der Waals surface area contributed by atoms with E-state index in [2.05, 4.69) is 15.3 Å². The van der Waals surface area contributed by atoms with Gasteiger partial charge in [-0.05, 0) is 6.42 Å². The number of nitrogens with zero attached hydrogens (tertiary/aromatic N) is 2. The van der Waals surface area contributed by atoms with Crippen molar-refractivity contribution in [2.24, 2.45) is 0 Å². The zero-order valence-electron chi connectivity index (χ0n) is 7.55. The van der Waals surface area contributed by atoms with E-state index in [0.29, 0.717) is 12.2 Å². The fourth-order valence-corrected chi connectivity index (χ4v) is 3.16. The van der Waals surface area contributed by atoms with Crippen LogP contribution in [0.3, 0.4) is 0 Å². The van der Waals surface area contributed by atoms with Gasteiger partial charge in [0.15, 0.2) is 9.84 Å². The van der Waals surface area contributed by atoms with Crippen molar-refractivity contribution in [1.82, 2.24) is 9.97 Å². The summed E-state index contributed by atoms with van der Waals surface area (Å²) >= 11 is 0. The van der Waals surface area contributed by atoms with Gasteiger partial charge in [-0.3, -0.25) is 4.98 Å². The highest BCUT2D eigenvalue weighted by Gasteiger charge is 2.27. The normalized spacial score (nSPS) is 24.7. The average molecular weight is 213 g/mol. The van der Waals surface area contributed by atoms with Crippen LogP contribution in [0.25, 0.3) is 0 Å². The van der Waals surface area contributed by atoms with Crippen molar-refractivity contribution < 1.29 is 8.42 Å². The lowest BCUT2D eigenvalue weighted by Crippen LogP contribution is -2.21. The highest BCUT2D eigenvalue weighted by molar-refractivity contribution is 7.91. The molecule has 0 aliphatic carbocycles. The predicted molar refractivity (Wildman–Crippen MR) is 52.7 cm³/mol. The predicted octanol–water partition coefficient (Wildman–Crippen LogP) is 0.0756. The Bertz CT molecular complexity index is 404. The molecule has 5 nitrogen and oxygen atoms in total. The fraction of sp³-hybridized carbons (Fsp3) is 0.500. The van der Waals surface area contributed by atoms with E-state index in [9.17, 15) is 8.42 Å². The number of sulfone groups is 1. The van der Waals surface area contributed by atoms with Crippen LogP contribution in [0.5, 0.6) is 0 Å². The van der Waals surface area contributed by atoms with Crippen molar-refractivity contribution >= 4 is 15.7 Å². The standard InChI is InChI=1S/C8H11N3O2S/c12-14(13)4-1-7(6-14)11-8-5-9-2-3-10-8/h2-3,5,7H,1,4,6H2,(H,10,11). The smallest absolute Gasteiger partial charge is 0.152 e. The molecule has 1 aromatic heterocycles. The van der Waals surface area contributed by atoms with E-state index in [0.717, 1.165) is 0 Å². The minimum atomic E-state index is -2.83. The van der Waals surface area contributed by atoms with E-state index < -0.39 is 9.84 Å². The highest BCUT2D eigenvalue weighted by Crippen LogP contribution is 2.14. The molecule has 0 bridgehead atoms. The quantitative estimate of drug-likeness (QED) is 0.753. The molecule has 1 N–H and O–H groups in total. The van der Waals surface area contributed by atoms with Crippen molar-refractivity contribution in [1.29, 1.82) is 0 Å². The lowest BCUT2D eigenvalue weighted by molar-refractivity contribution is 0.602. The summed E-state index contributed by atoms with van der Waals surface area (Å²) in [5.41, 5.74) is 0. The largest absolute Gasteiger partial charge is 0.365 e. The molecule has 1 aromatic rings. The monoisotopic (exact) mass is 213 g/mol. The van der Waals surface area contributed by atoms with Crippen molar-refractivity contribution in [3.05, 3.63) is 18.6 Å². The number of nitrogens with one attached hydrogen (secondary N) is 1. The molecule has 0 amide bonds.